The fourth-order valence-electron chi connectivity index (χ4n) is 3.48. The molecule has 1 aromatic carbocycles. The molecule has 0 spiro atoms. The lowest BCUT2D eigenvalue weighted by Crippen LogP contribution is -2.51. The van der Waals surface area contributed by atoms with Gasteiger partial charge in [0.05, 0.1) is 12.7 Å². The largest absolute Gasteiger partial charge is 0.374 e. The van der Waals surface area contributed by atoms with Crippen molar-refractivity contribution in [3.63, 3.8) is 0 Å². The van der Waals surface area contributed by atoms with E-state index in [1.165, 1.54) is 24.9 Å². The average Bonchev–Trinajstić information content (AvgIpc) is 3.29. The minimum atomic E-state index is 0.180. The second kappa shape index (κ2) is 6.25. The van der Waals surface area contributed by atoms with E-state index in [1.807, 2.05) is 0 Å². The second-order valence-corrected chi connectivity index (χ2v) is 6.20. The van der Waals surface area contributed by atoms with Gasteiger partial charge < -0.3 is 10.5 Å². The van der Waals surface area contributed by atoms with Crippen LogP contribution in [0.15, 0.2) is 30.3 Å². The zero-order valence-electron chi connectivity index (χ0n) is 12.4. The van der Waals surface area contributed by atoms with E-state index < -0.39 is 0 Å². The van der Waals surface area contributed by atoms with E-state index in [0.717, 1.165) is 19.7 Å². The van der Waals surface area contributed by atoms with Gasteiger partial charge in [-0.15, -0.1) is 0 Å². The van der Waals surface area contributed by atoms with E-state index >= 15 is 0 Å². The van der Waals surface area contributed by atoms with Crippen molar-refractivity contribution in [2.75, 3.05) is 26.2 Å². The lowest BCUT2D eigenvalue weighted by molar-refractivity contribution is -0.0436. The molecule has 4 unspecified atom stereocenters. The summed E-state index contributed by atoms with van der Waals surface area (Å²) >= 11 is 0. The first-order valence-electron chi connectivity index (χ1n) is 7.94. The number of nitrogens with zero attached hydrogens (tertiary/aromatic N) is 1. The van der Waals surface area contributed by atoms with Gasteiger partial charge in [-0.05, 0) is 36.8 Å². The summed E-state index contributed by atoms with van der Waals surface area (Å²) in [6.07, 6.45) is 2.64. The Morgan fingerprint density at radius 3 is 2.90 bits per heavy atom. The molecule has 1 heterocycles. The highest BCUT2D eigenvalue weighted by atomic mass is 16.5. The first-order valence-corrected chi connectivity index (χ1v) is 7.94. The lowest BCUT2D eigenvalue weighted by atomic mass is 10.0. The SMILES string of the molecule is CCCN1CCOC(C(N)C2CC2c2ccccc2)C1. The molecular formula is C17H26N2O. The fraction of sp³-hybridized carbons (Fsp3) is 0.647. The molecule has 1 saturated heterocycles. The third kappa shape index (κ3) is 3.05. The number of hydrogen-bond donors (Lipinski definition) is 1. The van der Waals surface area contributed by atoms with Crippen LogP contribution in [0.2, 0.25) is 0 Å². The first kappa shape index (κ1) is 14.1. The van der Waals surface area contributed by atoms with Crippen molar-refractivity contribution in [2.45, 2.75) is 37.8 Å². The highest BCUT2D eigenvalue weighted by Crippen LogP contribution is 2.49. The standard InChI is InChI=1S/C17H26N2O/c1-2-8-19-9-10-20-16(12-19)17(18)15-11-14(15)13-6-4-3-5-7-13/h3-7,14-17H,2,8-12,18H2,1H3. The summed E-state index contributed by atoms with van der Waals surface area (Å²) in [4.78, 5) is 2.49. The first-order chi connectivity index (χ1) is 9.79. The van der Waals surface area contributed by atoms with Crippen LogP contribution in [-0.2, 0) is 4.74 Å². The van der Waals surface area contributed by atoms with Gasteiger partial charge in [0.15, 0.2) is 0 Å². The Bertz CT molecular complexity index is 420. The Kier molecular flexibility index (Phi) is 4.39. The maximum absolute atomic E-state index is 6.49. The van der Waals surface area contributed by atoms with Gasteiger partial charge in [-0.3, -0.25) is 4.90 Å². The van der Waals surface area contributed by atoms with Gasteiger partial charge in [-0.1, -0.05) is 37.3 Å². The van der Waals surface area contributed by atoms with Crippen LogP contribution in [0.25, 0.3) is 0 Å². The highest BCUT2D eigenvalue weighted by Gasteiger charge is 2.46. The van der Waals surface area contributed by atoms with Crippen LogP contribution >= 0.6 is 0 Å². The molecule has 2 N–H and O–H groups in total. The normalized spacial score (nSPS) is 32.0. The van der Waals surface area contributed by atoms with Crippen molar-refractivity contribution in [2.24, 2.45) is 11.7 Å². The van der Waals surface area contributed by atoms with Gasteiger partial charge in [-0.2, -0.15) is 0 Å². The van der Waals surface area contributed by atoms with Crippen LogP contribution in [0.4, 0.5) is 0 Å². The van der Waals surface area contributed by atoms with Gasteiger partial charge in [0.25, 0.3) is 0 Å². The van der Waals surface area contributed by atoms with Crippen molar-refractivity contribution in [1.82, 2.24) is 4.90 Å². The Hall–Kier alpha value is -0.900. The topological polar surface area (TPSA) is 38.5 Å². The van der Waals surface area contributed by atoms with Gasteiger partial charge in [0.1, 0.15) is 0 Å². The quantitative estimate of drug-likeness (QED) is 0.895. The Labute approximate surface area is 122 Å². The minimum Gasteiger partial charge on any atom is -0.374 e. The van der Waals surface area contributed by atoms with Crippen molar-refractivity contribution in [1.29, 1.82) is 0 Å². The summed E-state index contributed by atoms with van der Waals surface area (Å²) in [5.74, 6) is 1.25. The molecule has 1 aromatic rings. The molecule has 20 heavy (non-hydrogen) atoms. The maximum atomic E-state index is 6.49. The molecule has 2 aliphatic rings. The summed E-state index contributed by atoms with van der Waals surface area (Å²) < 4.78 is 5.94. The van der Waals surface area contributed by atoms with Crippen molar-refractivity contribution < 1.29 is 4.74 Å². The molecule has 0 aromatic heterocycles. The van der Waals surface area contributed by atoms with Gasteiger partial charge in [0, 0.05) is 19.1 Å². The van der Waals surface area contributed by atoms with Crippen LogP contribution < -0.4 is 5.73 Å². The van der Waals surface area contributed by atoms with E-state index in [4.69, 9.17) is 10.5 Å². The molecular weight excluding hydrogens is 248 g/mol. The second-order valence-electron chi connectivity index (χ2n) is 6.20. The third-order valence-electron chi connectivity index (χ3n) is 4.71. The Morgan fingerprint density at radius 1 is 1.35 bits per heavy atom. The molecule has 0 amide bonds. The predicted molar refractivity (Wildman–Crippen MR) is 81.7 cm³/mol. The molecule has 2 fully saturated rings. The summed E-state index contributed by atoms with van der Waals surface area (Å²) in [7, 11) is 0. The van der Waals surface area contributed by atoms with Crippen LogP contribution in [0.5, 0.6) is 0 Å². The van der Waals surface area contributed by atoms with E-state index in [9.17, 15) is 0 Å². The lowest BCUT2D eigenvalue weighted by Gasteiger charge is -2.35. The number of benzene rings is 1. The predicted octanol–water partition coefficient (Wildman–Crippen LogP) is 2.23. The van der Waals surface area contributed by atoms with Crippen molar-refractivity contribution >= 4 is 0 Å². The number of hydrogen-bond acceptors (Lipinski definition) is 3. The number of nitrogens with two attached hydrogens (primary N) is 1. The van der Waals surface area contributed by atoms with Gasteiger partial charge in [-0.25, -0.2) is 0 Å². The molecule has 1 aliphatic heterocycles. The van der Waals surface area contributed by atoms with Gasteiger partial charge >= 0.3 is 0 Å². The third-order valence-corrected chi connectivity index (χ3v) is 4.71. The number of ether oxygens (including phenoxy) is 1. The molecule has 110 valence electrons. The average molecular weight is 274 g/mol. The zero-order valence-corrected chi connectivity index (χ0v) is 12.4. The van der Waals surface area contributed by atoms with Crippen LogP contribution in [0, 0.1) is 5.92 Å². The Balaban J connectivity index is 1.56. The van der Waals surface area contributed by atoms with E-state index in [2.05, 4.69) is 42.2 Å². The fourth-order valence-corrected chi connectivity index (χ4v) is 3.48. The molecule has 3 nitrogen and oxygen atoms in total. The summed E-state index contributed by atoms with van der Waals surface area (Å²) in [5, 5.41) is 0. The smallest absolute Gasteiger partial charge is 0.0856 e. The monoisotopic (exact) mass is 274 g/mol. The molecule has 3 heteroatoms. The van der Waals surface area contributed by atoms with Crippen LogP contribution in [0.1, 0.15) is 31.2 Å². The van der Waals surface area contributed by atoms with E-state index in [-0.39, 0.29) is 12.1 Å². The number of morpholine rings is 1. The molecule has 1 aliphatic carbocycles. The Morgan fingerprint density at radius 2 is 2.15 bits per heavy atom. The van der Waals surface area contributed by atoms with Crippen LogP contribution in [-0.4, -0.2) is 43.3 Å². The van der Waals surface area contributed by atoms with Gasteiger partial charge in [0.2, 0.25) is 0 Å². The van der Waals surface area contributed by atoms with Crippen molar-refractivity contribution in [3.05, 3.63) is 35.9 Å². The maximum Gasteiger partial charge on any atom is 0.0856 e. The molecule has 0 radical (unpaired) electrons. The zero-order chi connectivity index (χ0) is 13.9. The molecule has 4 atom stereocenters. The molecule has 3 rings (SSSR count). The molecule has 0 bridgehead atoms. The minimum absolute atomic E-state index is 0.180. The summed E-state index contributed by atoms with van der Waals surface area (Å²) in [6, 6.07) is 10.9. The van der Waals surface area contributed by atoms with Crippen LogP contribution in [0.3, 0.4) is 0 Å². The highest BCUT2D eigenvalue weighted by molar-refractivity contribution is 5.27. The number of rotatable bonds is 5. The summed E-state index contributed by atoms with van der Waals surface area (Å²) in [5.41, 5.74) is 7.93. The molecule has 1 saturated carbocycles. The van der Waals surface area contributed by atoms with E-state index in [0.29, 0.717) is 11.8 Å². The van der Waals surface area contributed by atoms with Crippen molar-refractivity contribution in [3.8, 4) is 0 Å². The summed E-state index contributed by atoms with van der Waals surface area (Å²) in [6.45, 7) is 6.30. The van der Waals surface area contributed by atoms with E-state index in [1.54, 1.807) is 0 Å².